The lowest BCUT2D eigenvalue weighted by atomic mass is 10.2. The Hall–Kier alpha value is -1.70. The molecule has 2 heterocycles. The van der Waals surface area contributed by atoms with Crippen molar-refractivity contribution in [1.82, 2.24) is 19.2 Å². The molecule has 29 heavy (non-hydrogen) atoms. The Morgan fingerprint density at radius 2 is 2.10 bits per heavy atom. The molecule has 1 aromatic carbocycles. The number of halogens is 1. The van der Waals surface area contributed by atoms with E-state index in [-0.39, 0.29) is 12.0 Å². The molecule has 1 saturated heterocycles. The Balaban J connectivity index is 1.72. The molecule has 158 valence electrons. The minimum absolute atomic E-state index is 0.0820. The molecule has 1 fully saturated rings. The molecule has 1 aliphatic rings. The number of likely N-dealkylation sites (N-methyl/N-ethyl adjacent to an activating group) is 1. The smallest absolute Gasteiger partial charge is 0.224 e. The zero-order chi connectivity index (χ0) is 20.8. The molecular formula is C21H29ClN4O2S. The fourth-order valence-corrected chi connectivity index (χ4v) is 3.94. The Morgan fingerprint density at radius 3 is 2.76 bits per heavy atom. The van der Waals surface area contributed by atoms with E-state index in [0.29, 0.717) is 29.3 Å². The summed E-state index contributed by atoms with van der Waals surface area (Å²) in [5.74, 6) is 0.902. The largest absolute Gasteiger partial charge is 0.376 e. The molecular weight excluding hydrogens is 408 g/mol. The van der Waals surface area contributed by atoms with E-state index in [4.69, 9.17) is 33.7 Å². The number of unbranched alkanes of at least 4 members (excludes halogenated alkanes) is 1. The van der Waals surface area contributed by atoms with Crippen LogP contribution < -0.4 is 0 Å². The molecule has 8 heteroatoms. The summed E-state index contributed by atoms with van der Waals surface area (Å²) in [5.41, 5.74) is 0.970. The van der Waals surface area contributed by atoms with Gasteiger partial charge in [-0.15, -0.1) is 0 Å². The van der Waals surface area contributed by atoms with Gasteiger partial charge in [-0.1, -0.05) is 24.9 Å². The van der Waals surface area contributed by atoms with Crippen molar-refractivity contribution in [2.75, 3.05) is 20.2 Å². The molecule has 1 amide bonds. The van der Waals surface area contributed by atoms with Crippen LogP contribution in [-0.2, 0) is 22.6 Å². The van der Waals surface area contributed by atoms with E-state index >= 15 is 0 Å². The first-order chi connectivity index (χ1) is 14.0. The summed E-state index contributed by atoms with van der Waals surface area (Å²) in [4.78, 5) is 14.3. The van der Waals surface area contributed by atoms with Crippen LogP contribution in [0, 0.1) is 4.77 Å². The number of carbonyl (C=O) groups is 1. The second-order valence-corrected chi connectivity index (χ2v) is 8.30. The molecule has 0 N–H and O–H groups in total. The van der Waals surface area contributed by atoms with Crippen LogP contribution in [0.5, 0.6) is 0 Å². The maximum Gasteiger partial charge on any atom is 0.224 e. The molecule has 1 atom stereocenters. The van der Waals surface area contributed by atoms with E-state index in [9.17, 15) is 4.79 Å². The van der Waals surface area contributed by atoms with Crippen molar-refractivity contribution < 1.29 is 9.53 Å². The van der Waals surface area contributed by atoms with Gasteiger partial charge in [0, 0.05) is 43.8 Å². The number of hydrogen-bond acceptors (Lipinski definition) is 4. The first-order valence-corrected chi connectivity index (χ1v) is 11.1. The van der Waals surface area contributed by atoms with Crippen molar-refractivity contribution in [1.29, 1.82) is 0 Å². The summed E-state index contributed by atoms with van der Waals surface area (Å²) in [6.45, 7) is 4.86. The lowest BCUT2D eigenvalue weighted by Gasteiger charge is -2.20. The van der Waals surface area contributed by atoms with Gasteiger partial charge in [0.15, 0.2) is 10.6 Å². The third kappa shape index (κ3) is 5.68. The van der Waals surface area contributed by atoms with Crippen molar-refractivity contribution in [2.45, 2.75) is 58.2 Å². The van der Waals surface area contributed by atoms with Gasteiger partial charge >= 0.3 is 0 Å². The van der Waals surface area contributed by atoms with Crippen LogP contribution in [0.4, 0.5) is 0 Å². The summed E-state index contributed by atoms with van der Waals surface area (Å²) in [7, 11) is 1.84. The molecule has 1 aliphatic heterocycles. The number of ether oxygens (including phenoxy) is 1. The van der Waals surface area contributed by atoms with Crippen molar-refractivity contribution in [3.63, 3.8) is 0 Å². The molecule has 3 rings (SSSR count). The van der Waals surface area contributed by atoms with E-state index < -0.39 is 0 Å². The predicted octanol–water partition coefficient (Wildman–Crippen LogP) is 4.56. The minimum atomic E-state index is 0.0820. The van der Waals surface area contributed by atoms with Crippen LogP contribution in [0.3, 0.4) is 0 Å². The molecule has 0 saturated carbocycles. The highest BCUT2D eigenvalue weighted by Crippen LogP contribution is 2.22. The third-order valence-electron chi connectivity index (χ3n) is 5.23. The Morgan fingerprint density at radius 1 is 1.34 bits per heavy atom. The maximum absolute atomic E-state index is 12.6. The molecule has 0 spiro atoms. The van der Waals surface area contributed by atoms with Gasteiger partial charge in [-0.3, -0.25) is 9.36 Å². The first kappa shape index (κ1) is 22.0. The monoisotopic (exact) mass is 436 g/mol. The summed E-state index contributed by atoms with van der Waals surface area (Å²) in [5, 5.41) is 5.42. The Kier molecular flexibility index (Phi) is 7.86. The van der Waals surface area contributed by atoms with Crippen LogP contribution in [0.1, 0.15) is 39.0 Å². The predicted molar refractivity (Wildman–Crippen MR) is 118 cm³/mol. The molecule has 1 unspecified atom stereocenters. The highest BCUT2D eigenvalue weighted by molar-refractivity contribution is 7.71. The fourth-order valence-electron chi connectivity index (χ4n) is 3.50. The number of nitrogens with zero attached hydrogens (tertiary/aromatic N) is 4. The van der Waals surface area contributed by atoms with Gasteiger partial charge in [0.05, 0.1) is 12.6 Å². The van der Waals surface area contributed by atoms with Crippen molar-refractivity contribution >= 4 is 29.7 Å². The molecule has 0 bridgehead atoms. The van der Waals surface area contributed by atoms with Gasteiger partial charge in [0.2, 0.25) is 5.91 Å². The van der Waals surface area contributed by atoms with Gasteiger partial charge in [-0.2, -0.15) is 5.10 Å². The second-order valence-electron chi connectivity index (χ2n) is 7.50. The van der Waals surface area contributed by atoms with E-state index in [1.165, 1.54) is 0 Å². The first-order valence-electron chi connectivity index (χ1n) is 10.3. The summed E-state index contributed by atoms with van der Waals surface area (Å²) in [6, 6.07) is 7.61. The average Bonchev–Trinajstić information content (AvgIpc) is 3.33. The van der Waals surface area contributed by atoms with Crippen molar-refractivity contribution in [2.24, 2.45) is 0 Å². The standard InChI is InChI=1S/C21H29ClN4O2S/c1-3-4-12-25-20(16-7-9-17(22)10-8-16)23-26(21(25)29)13-11-19(27)24(2)15-18-6-5-14-28-18/h7-10,18H,3-6,11-15H2,1-2H3. The zero-order valence-corrected chi connectivity index (χ0v) is 18.7. The summed E-state index contributed by atoms with van der Waals surface area (Å²) >= 11 is 11.7. The quantitative estimate of drug-likeness (QED) is 0.540. The molecule has 2 aromatic rings. The van der Waals surface area contributed by atoms with Crippen molar-refractivity contribution in [3.8, 4) is 11.4 Å². The van der Waals surface area contributed by atoms with E-state index in [1.807, 2.05) is 31.3 Å². The SMILES string of the molecule is CCCCn1c(-c2ccc(Cl)cc2)nn(CCC(=O)N(C)CC2CCCO2)c1=S. The topological polar surface area (TPSA) is 52.3 Å². The maximum atomic E-state index is 12.6. The van der Waals surface area contributed by atoms with E-state index in [1.54, 1.807) is 9.58 Å². The number of aryl methyl sites for hydroxylation is 1. The lowest BCUT2D eigenvalue weighted by Crippen LogP contribution is -2.34. The molecule has 0 radical (unpaired) electrons. The van der Waals surface area contributed by atoms with E-state index in [0.717, 1.165) is 50.2 Å². The van der Waals surface area contributed by atoms with Gasteiger partial charge in [-0.25, -0.2) is 4.68 Å². The van der Waals surface area contributed by atoms with Gasteiger partial charge < -0.3 is 9.64 Å². The Labute approximate surface area is 182 Å². The number of rotatable bonds is 9. The van der Waals surface area contributed by atoms with Gasteiger partial charge in [0.1, 0.15) is 0 Å². The zero-order valence-electron chi connectivity index (χ0n) is 17.1. The molecule has 0 aliphatic carbocycles. The van der Waals surface area contributed by atoms with Gasteiger partial charge in [0.25, 0.3) is 0 Å². The van der Waals surface area contributed by atoms with Crippen LogP contribution >= 0.6 is 23.8 Å². The number of hydrogen-bond donors (Lipinski definition) is 0. The molecule has 6 nitrogen and oxygen atoms in total. The highest BCUT2D eigenvalue weighted by atomic mass is 35.5. The van der Waals surface area contributed by atoms with Crippen LogP contribution in [0.25, 0.3) is 11.4 Å². The number of amides is 1. The minimum Gasteiger partial charge on any atom is -0.376 e. The van der Waals surface area contributed by atoms with Crippen molar-refractivity contribution in [3.05, 3.63) is 34.1 Å². The summed E-state index contributed by atoms with van der Waals surface area (Å²) < 4.78 is 10.1. The van der Waals surface area contributed by atoms with E-state index in [2.05, 4.69) is 11.5 Å². The second kappa shape index (κ2) is 10.4. The lowest BCUT2D eigenvalue weighted by molar-refractivity contribution is -0.131. The third-order valence-corrected chi connectivity index (χ3v) is 5.91. The number of carbonyl (C=O) groups excluding carboxylic acids is 1. The van der Waals surface area contributed by atoms with Crippen LogP contribution in [0.2, 0.25) is 5.02 Å². The average molecular weight is 437 g/mol. The normalized spacial score (nSPS) is 16.3. The fraction of sp³-hybridized carbons (Fsp3) is 0.571. The Bertz CT molecular complexity index is 872. The van der Waals surface area contributed by atoms with Gasteiger partial charge in [-0.05, 0) is 55.7 Å². The van der Waals surface area contributed by atoms with Crippen LogP contribution in [-0.4, -0.2) is 51.5 Å². The number of benzene rings is 1. The van der Waals surface area contributed by atoms with Crippen LogP contribution in [0.15, 0.2) is 24.3 Å². The number of aromatic nitrogens is 3. The summed E-state index contributed by atoms with van der Waals surface area (Å²) in [6.07, 6.45) is 4.71. The molecule has 1 aromatic heterocycles. The highest BCUT2D eigenvalue weighted by Gasteiger charge is 2.20.